The Balaban J connectivity index is 1.61. The standard InChI is InChI=1S/C21H21IN2O3/c22-18-7-2-1-6-16(18)20(25)23-14-8-9-19-17(13-14)21(26)24-11-4-3-5-15(24)10-12-27-19/h1-2,6-9,13,15H,3-5,10-12H2,(H,23,25). The minimum absolute atomic E-state index is 0.000194. The van der Waals surface area contributed by atoms with Crippen molar-refractivity contribution < 1.29 is 14.3 Å². The van der Waals surface area contributed by atoms with E-state index in [1.165, 1.54) is 0 Å². The predicted molar refractivity (Wildman–Crippen MR) is 112 cm³/mol. The van der Waals surface area contributed by atoms with Gasteiger partial charge in [-0.05, 0) is 72.2 Å². The summed E-state index contributed by atoms with van der Waals surface area (Å²) >= 11 is 2.14. The average molecular weight is 476 g/mol. The first-order chi connectivity index (χ1) is 13.1. The summed E-state index contributed by atoms with van der Waals surface area (Å²) in [6, 6.07) is 13.0. The second-order valence-electron chi connectivity index (χ2n) is 6.93. The van der Waals surface area contributed by atoms with E-state index in [1.807, 2.05) is 23.1 Å². The molecule has 1 unspecified atom stereocenters. The van der Waals surface area contributed by atoms with E-state index < -0.39 is 0 Å². The zero-order valence-corrected chi connectivity index (χ0v) is 17.1. The molecule has 0 spiro atoms. The van der Waals surface area contributed by atoms with E-state index in [4.69, 9.17) is 4.74 Å². The van der Waals surface area contributed by atoms with E-state index in [9.17, 15) is 9.59 Å². The Morgan fingerprint density at radius 1 is 1.15 bits per heavy atom. The maximum atomic E-state index is 13.1. The number of carbonyl (C=O) groups is 2. The molecule has 4 rings (SSSR count). The molecule has 2 aliphatic heterocycles. The van der Waals surface area contributed by atoms with Gasteiger partial charge in [-0.15, -0.1) is 0 Å². The second-order valence-corrected chi connectivity index (χ2v) is 8.09. The highest BCUT2D eigenvalue weighted by Gasteiger charge is 2.31. The van der Waals surface area contributed by atoms with Crippen LogP contribution in [0.4, 0.5) is 5.69 Å². The highest BCUT2D eigenvalue weighted by atomic mass is 127. The number of carbonyl (C=O) groups excluding carboxylic acids is 2. The Labute approximate surface area is 172 Å². The number of halogens is 1. The number of hydrogen-bond acceptors (Lipinski definition) is 3. The Bertz CT molecular complexity index is 883. The van der Waals surface area contributed by atoms with Crippen molar-refractivity contribution in [2.24, 2.45) is 0 Å². The summed E-state index contributed by atoms with van der Waals surface area (Å²) in [4.78, 5) is 27.7. The van der Waals surface area contributed by atoms with Gasteiger partial charge in [0, 0.05) is 28.3 Å². The van der Waals surface area contributed by atoms with Gasteiger partial charge < -0.3 is 15.0 Å². The lowest BCUT2D eigenvalue weighted by atomic mass is 9.97. The molecule has 0 aliphatic carbocycles. The molecule has 1 N–H and O–H groups in total. The summed E-state index contributed by atoms with van der Waals surface area (Å²) in [5, 5.41) is 2.91. The largest absolute Gasteiger partial charge is 0.493 e. The number of nitrogens with zero attached hydrogens (tertiary/aromatic N) is 1. The Hall–Kier alpha value is -2.09. The quantitative estimate of drug-likeness (QED) is 0.657. The summed E-state index contributed by atoms with van der Waals surface area (Å²) in [7, 11) is 0. The minimum atomic E-state index is -0.185. The number of nitrogens with one attached hydrogen (secondary N) is 1. The SMILES string of the molecule is O=C(Nc1ccc2c(c1)C(=O)N1CCCCC1CCO2)c1ccccc1I. The Morgan fingerprint density at radius 2 is 2.00 bits per heavy atom. The third-order valence-electron chi connectivity index (χ3n) is 5.18. The lowest BCUT2D eigenvalue weighted by molar-refractivity contribution is 0.0548. The van der Waals surface area contributed by atoms with E-state index in [0.717, 1.165) is 35.8 Å². The van der Waals surface area contributed by atoms with Crippen molar-refractivity contribution in [2.75, 3.05) is 18.5 Å². The monoisotopic (exact) mass is 476 g/mol. The van der Waals surface area contributed by atoms with Gasteiger partial charge in [-0.3, -0.25) is 9.59 Å². The maximum absolute atomic E-state index is 13.1. The molecule has 2 aromatic rings. The van der Waals surface area contributed by atoms with Crippen LogP contribution in [0, 0.1) is 3.57 Å². The number of anilines is 1. The molecule has 2 aromatic carbocycles. The maximum Gasteiger partial charge on any atom is 0.257 e. The van der Waals surface area contributed by atoms with Crippen LogP contribution in [-0.2, 0) is 0 Å². The summed E-state index contributed by atoms with van der Waals surface area (Å²) < 4.78 is 6.73. The molecule has 0 aromatic heterocycles. The van der Waals surface area contributed by atoms with Gasteiger partial charge in [-0.25, -0.2) is 0 Å². The number of benzene rings is 2. The van der Waals surface area contributed by atoms with Crippen molar-refractivity contribution in [3.63, 3.8) is 0 Å². The Morgan fingerprint density at radius 3 is 2.85 bits per heavy atom. The molecule has 27 heavy (non-hydrogen) atoms. The van der Waals surface area contributed by atoms with Crippen LogP contribution < -0.4 is 10.1 Å². The van der Waals surface area contributed by atoms with Gasteiger partial charge >= 0.3 is 0 Å². The number of ether oxygens (including phenoxy) is 1. The van der Waals surface area contributed by atoms with Crippen molar-refractivity contribution in [2.45, 2.75) is 31.7 Å². The van der Waals surface area contributed by atoms with Crippen LogP contribution in [0.3, 0.4) is 0 Å². The van der Waals surface area contributed by atoms with Gasteiger partial charge in [-0.1, -0.05) is 12.1 Å². The van der Waals surface area contributed by atoms with Gasteiger partial charge in [0.2, 0.25) is 0 Å². The highest BCUT2D eigenvalue weighted by molar-refractivity contribution is 14.1. The highest BCUT2D eigenvalue weighted by Crippen LogP contribution is 2.31. The molecule has 0 bridgehead atoms. The fourth-order valence-corrected chi connectivity index (χ4v) is 4.40. The fraction of sp³-hybridized carbons (Fsp3) is 0.333. The molecular weight excluding hydrogens is 455 g/mol. The summed E-state index contributed by atoms with van der Waals surface area (Å²) in [5.74, 6) is 0.408. The summed E-state index contributed by atoms with van der Waals surface area (Å²) in [5.41, 5.74) is 1.75. The predicted octanol–water partition coefficient (Wildman–Crippen LogP) is 4.32. The number of hydrogen-bond donors (Lipinski definition) is 1. The van der Waals surface area contributed by atoms with Crippen LogP contribution in [0.15, 0.2) is 42.5 Å². The van der Waals surface area contributed by atoms with Gasteiger partial charge in [0.25, 0.3) is 11.8 Å². The van der Waals surface area contributed by atoms with Gasteiger partial charge in [0.1, 0.15) is 5.75 Å². The lowest BCUT2D eigenvalue weighted by Crippen LogP contribution is -2.45. The van der Waals surface area contributed by atoms with Crippen molar-refractivity contribution in [3.05, 3.63) is 57.2 Å². The van der Waals surface area contributed by atoms with Crippen LogP contribution >= 0.6 is 22.6 Å². The van der Waals surface area contributed by atoms with E-state index in [2.05, 4.69) is 27.9 Å². The van der Waals surface area contributed by atoms with Gasteiger partial charge in [0.15, 0.2) is 0 Å². The lowest BCUT2D eigenvalue weighted by Gasteiger charge is -2.37. The molecule has 0 radical (unpaired) electrons. The molecule has 5 nitrogen and oxygen atoms in total. The van der Waals surface area contributed by atoms with Crippen molar-refractivity contribution in [1.82, 2.24) is 4.90 Å². The van der Waals surface area contributed by atoms with Crippen LogP contribution in [0.2, 0.25) is 0 Å². The molecular formula is C21H21IN2O3. The third kappa shape index (κ3) is 3.81. The summed E-state index contributed by atoms with van der Waals surface area (Å²) in [6.45, 7) is 1.40. The zero-order chi connectivity index (χ0) is 18.8. The topological polar surface area (TPSA) is 58.6 Å². The third-order valence-corrected chi connectivity index (χ3v) is 6.12. The van der Waals surface area contributed by atoms with E-state index >= 15 is 0 Å². The molecule has 2 aliphatic rings. The first-order valence-corrected chi connectivity index (χ1v) is 10.3. The molecule has 2 heterocycles. The fourth-order valence-electron chi connectivity index (χ4n) is 3.77. The van der Waals surface area contributed by atoms with Gasteiger partial charge in [-0.2, -0.15) is 0 Å². The molecule has 1 atom stereocenters. The van der Waals surface area contributed by atoms with Crippen LogP contribution in [0.25, 0.3) is 0 Å². The summed E-state index contributed by atoms with van der Waals surface area (Å²) in [6.07, 6.45) is 4.11. The van der Waals surface area contributed by atoms with E-state index in [1.54, 1.807) is 24.3 Å². The zero-order valence-electron chi connectivity index (χ0n) is 14.9. The van der Waals surface area contributed by atoms with Crippen LogP contribution in [-0.4, -0.2) is 35.9 Å². The van der Waals surface area contributed by atoms with Crippen molar-refractivity contribution in [3.8, 4) is 5.75 Å². The van der Waals surface area contributed by atoms with Crippen molar-refractivity contribution >= 4 is 40.1 Å². The average Bonchev–Trinajstić information content (AvgIpc) is 2.68. The molecule has 2 amide bonds. The first-order valence-electron chi connectivity index (χ1n) is 9.27. The molecule has 0 saturated carbocycles. The second kappa shape index (κ2) is 7.88. The van der Waals surface area contributed by atoms with Gasteiger partial charge in [0.05, 0.1) is 17.7 Å². The van der Waals surface area contributed by atoms with Crippen LogP contribution in [0.5, 0.6) is 5.75 Å². The van der Waals surface area contributed by atoms with E-state index in [0.29, 0.717) is 29.2 Å². The smallest absolute Gasteiger partial charge is 0.257 e. The number of piperidine rings is 1. The number of fused-ring (bicyclic) bond motifs is 2. The number of rotatable bonds is 2. The minimum Gasteiger partial charge on any atom is -0.493 e. The van der Waals surface area contributed by atoms with Crippen molar-refractivity contribution in [1.29, 1.82) is 0 Å². The molecule has 140 valence electrons. The Kier molecular flexibility index (Phi) is 5.33. The first kappa shape index (κ1) is 18.3. The molecule has 1 saturated heterocycles. The molecule has 1 fully saturated rings. The normalized spacial score (nSPS) is 19.2. The molecule has 6 heteroatoms. The van der Waals surface area contributed by atoms with E-state index in [-0.39, 0.29) is 17.9 Å². The van der Waals surface area contributed by atoms with Crippen LogP contribution in [0.1, 0.15) is 46.4 Å². The number of amides is 2.